The summed E-state index contributed by atoms with van der Waals surface area (Å²) >= 11 is 1.74. The number of nitrogens with zero attached hydrogens (tertiary/aromatic N) is 1. The molecule has 154 valence electrons. The van der Waals surface area contributed by atoms with E-state index in [0.717, 1.165) is 40.1 Å². The molecule has 0 aromatic heterocycles. The summed E-state index contributed by atoms with van der Waals surface area (Å²) in [5.41, 5.74) is 4.13. The normalized spacial score (nSPS) is 16.7. The SMILES string of the molecule is Cc1ccc(S(=O)(=O)N(C)C2=C(c3ccccc3)CC[C@H]2Sc2ccccc2)cc1. The largest absolute Gasteiger partial charge is 0.272 e. The van der Waals surface area contributed by atoms with Crippen molar-refractivity contribution in [1.29, 1.82) is 0 Å². The van der Waals surface area contributed by atoms with E-state index >= 15 is 0 Å². The number of hydrogen-bond donors (Lipinski definition) is 0. The molecule has 0 fully saturated rings. The standard InChI is InChI=1S/C25H25NO2S2/c1-19-13-15-22(16-14-19)30(27,28)26(2)25-23(20-9-5-3-6-10-20)17-18-24(25)29-21-11-7-4-8-12-21/h3-16,24H,17-18H2,1-2H3/t24-/m1/s1. The van der Waals surface area contributed by atoms with E-state index in [2.05, 4.69) is 24.3 Å². The van der Waals surface area contributed by atoms with Gasteiger partial charge in [0.25, 0.3) is 10.0 Å². The van der Waals surface area contributed by atoms with Gasteiger partial charge in [-0.05, 0) is 55.2 Å². The zero-order chi connectivity index (χ0) is 21.1. The topological polar surface area (TPSA) is 37.4 Å². The van der Waals surface area contributed by atoms with Crippen molar-refractivity contribution in [3.05, 3.63) is 102 Å². The number of hydrogen-bond acceptors (Lipinski definition) is 3. The van der Waals surface area contributed by atoms with Crippen LogP contribution in [0.1, 0.15) is 24.0 Å². The maximum absolute atomic E-state index is 13.5. The molecular formula is C25H25NO2S2. The summed E-state index contributed by atoms with van der Waals surface area (Å²) in [5, 5.41) is 0.0767. The van der Waals surface area contributed by atoms with Gasteiger partial charge in [-0.2, -0.15) is 0 Å². The molecule has 3 nitrogen and oxygen atoms in total. The lowest BCUT2D eigenvalue weighted by atomic mass is 10.1. The molecule has 0 aliphatic heterocycles. The molecule has 0 heterocycles. The predicted octanol–water partition coefficient (Wildman–Crippen LogP) is 5.98. The van der Waals surface area contributed by atoms with Crippen LogP contribution in [0.3, 0.4) is 0 Å². The minimum atomic E-state index is -3.64. The molecule has 1 aliphatic carbocycles. The molecule has 0 spiro atoms. The van der Waals surface area contributed by atoms with Crippen LogP contribution in [0.25, 0.3) is 5.57 Å². The Morgan fingerprint density at radius 3 is 2.10 bits per heavy atom. The zero-order valence-corrected chi connectivity index (χ0v) is 18.8. The highest BCUT2D eigenvalue weighted by Crippen LogP contribution is 2.45. The van der Waals surface area contributed by atoms with Gasteiger partial charge in [0.05, 0.1) is 10.1 Å². The van der Waals surface area contributed by atoms with E-state index in [-0.39, 0.29) is 5.25 Å². The number of allylic oxidation sites excluding steroid dienone is 1. The van der Waals surface area contributed by atoms with Gasteiger partial charge in [-0.25, -0.2) is 8.42 Å². The minimum absolute atomic E-state index is 0.0767. The second-order valence-corrected chi connectivity index (χ2v) is 10.7. The molecule has 0 bridgehead atoms. The number of benzene rings is 3. The van der Waals surface area contributed by atoms with Gasteiger partial charge in [-0.1, -0.05) is 66.2 Å². The first kappa shape index (κ1) is 20.8. The van der Waals surface area contributed by atoms with Gasteiger partial charge in [0, 0.05) is 17.6 Å². The molecule has 0 saturated heterocycles. The van der Waals surface area contributed by atoms with E-state index in [0.29, 0.717) is 4.90 Å². The molecule has 0 saturated carbocycles. The summed E-state index contributed by atoms with van der Waals surface area (Å²) in [7, 11) is -1.95. The molecule has 5 heteroatoms. The third-order valence-corrected chi connectivity index (χ3v) is 8.51. The molecule has 4 rings (SSSR count). The maximum atomic E-state index is 13.5. The predicted molar refractivity (Wildman–Crippen MR) is 125 cm³/mol. The Bertz CT molecular complexity index is 1140. The number of rotatable bonds is 6. The molecular weight excluding hydrogens is 410 g/mol. The smallest absolute Gasteiger partial charge is 0.263 e. The maximum Gasteiger partial charge on any atom is 0.263 e. The van der Waals surface area contributed by atoms with Crippen molar-refractivity contribution in [3.63, 3.8) is 0 Å². The lowest BCUT2D eigenvalue weighted by Crippen LogP contribution is -2.30. The number of sulfonamides is 1. The van der Waals surface area contributed by atoms with Gasteiger partial charge in [0.2, 0.25) is 0 Å². The van der Waals surface area contributed by atoms with Crippen LogP contribution in [0.2, 0.25) is 0 Å². The zero-order valence-electron chi connectivity index (χ0n) is 17.2. The lowest BCUT2D eigenvalue weighted by molar-refractivity contribution is 0.519. The molecule has 1 atom stereocenters. The Kier molecular flexibility index (Phi) is 6.02. The van der Waals surface area contributed by atoms with Crippen LogP contribution < -0.4 is 0 Å². The average molecular weight is 436 g/mol. The summed E-state index contributed by atoms with van der Waals surface area (Å²) < 4.78 is 28.5. The highest BCUT2D eigenvalue weighted by atomic mass is 32.2. The lowest BCUT2D eigenvalue weighted by Gasteiger charge is -2.27. The van der Waals surface area contributed by atoms with Crippen LogP contribution in [-0.4, -0.2) is 25.0 Å². The number of aryl methyl sites for hydroxylation is 1. The van der Waals surface area contributed by atoms with Gasteiger partial charge < -0.3 is 0 Å². The van der Waals surface area contributed by atoms with Crippen molar-refractivity contribution in [1.82, 2.24) is 4.31 Å². The highest BCUT2D eigenvalue weighted by Gasteiger charge is 2.35. The molecule has 0 unspecified atom stereocenters. The quantitative estimate of drug-likeness (QED) is 0.478. The van der Waals surface area contributed by atoms with Crippen LogP contribution in [0, 0.1) is 6.92 Å². The Morgan fingerprint density at radius 2 is 1.47 bits per heavy atom. The first-order valence-corrected chi connectivity index (χ1v) is 12.3. The first-order chi connectivity index (χ1) is 14.5. The molecule has 0 radical (unpaired) electrons. The van der Waals surface area contributed by atoms with Gasteiger partial charge in [0.1, 0.15) is 0 Å². The molecule has 3 aromatic carbocycles. The molecule has 1 aliphatic rings. The second kappa shape index (κ2) is 8.70. The number of thioether (sulfide) groups is 1. The summed E-state index contributed by atoms with van der Waals surface area (Å²) in [6.45, 7) is 1.96. The monoisotopic (exact) mass is 435 g/mol. The van der Waals surface area contributed by atoms with Gasteiger partial charge in [0.15, 0.2) is 0 Å². The van der Waals surface area contributed by atoms with Crippen LogP contribution in [0.4, 0.5) is 0 Å². The summed E-state index contributed by atoms with van der Waals surface area (Å²) in [5.74, 6) is 0. The average Bonchev–Trinajstić information content (AvgIpc) is 3.18. The third-order valence-electron chi connectivity index (χ3n) is 5.43. The first-order valence-electron chi connectivity index (χ1n) is 10.0. The van der Waals surface area contributed by atoms with Crippen LogP contribution >= 0.6 is 11.8 Å². The Labute approximate surface area is 183 Å². The summed E-state index contributed by atoms with van der Waals surface area (Å²) in [6, 6.07) is 27.4. The van der Waals surface area contributed by atoms with E-state index in [9.17, 15) is 8.42 Å². The van der Waals surface area contributed by atoms with Crippen molar-refractivity contribution in [2.24, 2.45) is 0 Å². The van der Waals surface area contributed by atoms with Crippen molar-refractivity contribution in [3.8, 4) is 0 Å². The van der Waals surface area contributed by atoms with E-state index in [1.807, 2.05) is 55.5 Å². The van der Waals surface area contributed by atoms with E-state index in [1.165, 1.54) is 4.31 Å². The van der Waals surface area contributed by atoms with Gasteiger partial charge in [-0.15, -0.1) is 11.8 Å². The van der Waals surface area contributed by atoms with Crippen molar-refractivity contribution in [2.45, 2.75) is 34.8 Å². The summed E-state index contributed by atoms with van der Waals surface area (Å²) in [6.07, 6.45) is 1.77. The Balaban J connectivity index is 1.77. The van der Waals surface area contributed by atoms with E-state index < -0.39 is 10.0 Å². The van der Waals surface area contributed by atoms with Gasteiger partial charge in [-0.3, -0.25) is 4.31 Å². The fourth-order valence-electron chi connectivity index (χ4n) is 3.83. The Hall–Kier alpha value is -2.50. The van der Waals surface area contributed by atoms with E-state index in [1.54, 1.807) is 30.9 Å². The molecule has 30 heavy (non-hydrogen) atoms. The van der Waals surface area contributed by atoms with Crippen LogP contribution in [0.5, 0.6) is 0 Å². The fourth-order valence-corrected chi connectivity index (χ4v) is 6.48. The molecule has 0 amide bonds. The van der Waals surface area contributed by atoms with Gasteiger partial charge >= 0.3 is 0 Å². The van der Waals surface area contributed by atoms with Crippen molar-refractivity contribution >= 4 is 27.4 Å². The van der Waals surface area contributed by atoms with E-state index in [4.69, 9.17) is 0 Å². The highest BCUT2D eigenvalue weighted by molar-refractivity contribution is 8.00. The Morgan fingerprint density at radius 1 is 0.867 bits per heavy atom. The van der Waals surface area contributed by atoms with Crippen molar-refractivity contribution in [2.75, 3.05) is 7.05 Å². The molecule has 3 aromatic rings. The second-order valence-electron chi connectivity index (χ2n) is 7.47. The summed E-state index contributed by atoms with van der Waals surface area (Å²) in [4.78, 5) is 1.47. The third kappa shape index (κ3) is 4.18. The fraction of sp³-hybridized carbons (Fsp3) is 0.200. The minimum Gasteiger partial charge on any atom is -0.272 e. The van der Waals surface area contributed by atoms with Crippen molar-refractivity contribution < 1.29 is 8.42 Å². The van der Waals surface area contributed by atoms with Crippen LogP contribution in [-0.2, 0) is 10.0 Å². The van der Waals surface area contributed by atoms with Crippen LogP contribution in [0.15, 0.2) is 100 Å². The molecule has 0 N–H and O–H groups in total.